The number of carbonyl (C=O) groups excluding carboxylic acids is 1. The van der Waals surface area contributed by atoms with Gasteiger partial charge in [0.05, 0.1) is 0 Å². The fourth-order valence-electron chi connectivity index (χ4n) is 4.35. The summed E-state index contributed by atoms with van der Waals surface area (Å²) in [5, 5.41) is 6.46. The van der Waals surface area contributed by atoms with E-state index in [1.165, 1.54) is 35.2 Å². The normalized spacial score (nSPS) is 16.8. The zero-order valence-corrected chi connectivity index (χ0v) is 16.6. The monoisotopic (exact) mass is 377 g/mol. The Hall–Kier alpha value is -2.33. The van der Waals surface area contributed by atoms with E-state index in [-0.39, 0.29) is 5.91 Å². The molecule has 2 aliphatic rings. The number of carbonyl (C=O) groups is 1. The number of nitrogens with zero attached hydrogens (tertiary/aromatic N) is 1. The van der Waals surface area contributed by atoms with Crippen LogP contribution in [0.25, 0.3) is 0 Å². The van der Waals surface area contributed by atoms with Gasteiger partial charge in [-0.3, -0.25) is 4.79 Å². The van der Waals surface area contributed by atoms with Crippen LogP contribution in [-0.4, -0.2) is 25.5 Å². The second kappa shape index (κ2) is 9.24. The van der Waals surface area contributed by atoms with Gasteiger partial charge in [-0.05, 0) is 67.4 Å². The molecular weight excluding hydrogens is 346 g/mol. The number of hydrogen-bond donors (Lipinski definition) is 2. The van der Waals surface area contributed by atoms with Gasteiger partial charge in [0.25, 0.3) is 0 Å². The minimum Gasteiger partial charge on any atom is -0.367 e. The van der Waals surface area contributed by atoms with Crippen molar-refractivity contribution in [2.75, 3.05) is 24.5 Å². The maximum Gasteiger partial charge on any atom is 0.220 e. The molecule has 4 nitrogen and oxygen atoms in total. The molecule has 1 saturated heterocycles. The zero-order valence-electron chi connectivity index (χ0n) is 16.6. The Morgan fingerprint density at radius 1 is 1.04 bits per heavy atom. The third-order valence-corrected chi connectivity index (χ3v) is 6.11. The Kier molecular flexibility index (Phi) is 6.27. The molecule has 148 valence electrons. The molecule has 0 unspecified atom stereocenters. The molecule has 0 spiro atoms. The van der Waals surface area contributed by atoms with Gasteiger partial charge < -0.3 is 15.5 Å². The van der Waals surface area contributed by atoms with E-state index < -0.39 is 0 Å². The fourth-order valence-corrected chi connectivity index (χ4v) is 4.35. The molecule has 0 atom stereocenters. The topological polar surface area (TPSA) is 44.4 Å². The molecule has 2 aromatic carbocycles. The molecule has 2 heterocycles. The standard InChI is InChI=1S/C24H31N3O/c28-24(10-9-19-11-14-25-15-12-19)26-17-20-5-7-21(8-6-20)18-27-16-13-22-3-1-2-4-23(22)27/h1-8,19,25H,9-18H2,(H,26,28). The van der Waals surface area contributed by atoms with Crippen LogP contribution in [0, 0.1) is 5.92 Å². The SMILES string of the molecule is O=C(CCC1CCNCC1)NCc1ccc(CN2CCc3ccccc32)cc1. The van der Waals surface area contributed by atoms with Crippen molar-refractivity contribution in [2.24, 2.45) is 5.92 Å². The quantitative estimate of drug-likeness (QED) is 0.774. The minimum absolute atomic E-state index is 0.177. The van der Waals surface area contributed by atoms with E-state index in [0.29, 0.717) is 18.9 Å². The van der Waals surface area contributed by atoms with Gasteiger partial charge >= 0.3 is 0 Å². The van der Waals surface area contributed by atoms with Crippen LogP contribution < -0.4 is 15.5 Å². The minimum atomic E-state index is 0.177. The molecule has 0 saturated carbocycles. The lowest BCUT2D eigenvalue weighted by Crippen LogP contribution is -2.29. The Labute approximate surface area is 168 Å². The first-order chi connectivity index (χ1) is 13.8. The zero-order chi connectivity index (χ0) is 19.2. The van der Waals surface area contributed by atoms with Crippen LogP contribution in [0.2, 0.25) is 0 Å². The van der Waals surface area contributed by atoms with Gasteiger partial charge in [-0.25, -0.2) is 0 Å². The lowest BCUT2D eigenvalue weighted by molar-refractivity contribution is -0.121. The van der Waals surface area contributed by atoms with E-state index >= 15 is 0 Å². The molecule has 4 heteroatoms. The summed E-state index contributed by atoms with van der Waals surface area (Å²) in [5.41, 5.74) is 5.30. The lowest BCUT2D eigenvalue weighted by Gasteiger charge is -2.22. The first-order valence-electron chi connectivity index (χ1n) is 10.7. The smallest absolute Gasteiger partial charge is 0.220 e. The van der Waals surface area contributed by atoms with Crippen LogP contribution in [-0.2, 0) is 24.3 Å². The van der Waals surface area contributed by atoms with E-state index in [9.17, 15) is 4.79 Å². The second-order valence-electron chi connectivity index (χ2n) is 8.13. The molecule has 0 aliphatic carbocycles. The highest BCUT2D eigenvalue weighted by atomic mass is 16.1. The van der Waals surface area contributed by atoms with Crippen molar-refractivity contribution in [3.8, 4) is 0 Å². The summed E-state index contributed by atoms with van der Waals surface area (Å²) in [6.07, 6.45) is 5.21. The Bertz CT molecular complexity index is 781. The summed E-state index contributed by atoms with van der Waals surface area (Å²) in [5.74, 6) is 0.887. The van der Waals surface area contributed by atoms with Crippen molar-refractivity contribution >= 4 is 11.6 Å². The van der Waals surface area contributed by atoms with Crippen LogP contribution in [0.15, 0.2) is 48.5 Å². The number of benzene rings is 2. The summed E-state index contributed by atoms with van der Waals surface area (Å²) >= 11 is 0. The van der Waals surface area contributed by atoms with Gasteiger partial charge in [0, 0.05) is 31.7 Å². The molecule has 4 rings (SSSR count). The average Bonchev–Trinajstić information content (AvgIpc) is 3.15. The highest BCUT2D eigenvalue weighted by molar-refractivity contribution is 5.75. The summed E-state index contributed by atoms with van der Waals surface area (Å²) in [7, 11) is 0. The van der Waals surface area contributed by atoms with Gasteiger partial charge in [-0.2, -0.15) is 0 Å². The Morgan fingerprint density at radius 2 is 1.79 bits per heavy atom. The van der Waals surface area contributed by atoms with E-state index in [1.807, 2.05) is 0 Å². The predicted octanol–water partition coefficient (Wildman–Crippen LogP) is 3.65. The van der Waals surface area contributed by atoms with Gasteiger partial charge in [-0.15, -0.1) is 0 Å². The molecule has 2 aromatic rings. The summed E-state index contributed by atoms with van der Waals surface area (Å²) in [6, 6.07) is 17.4. The second-order valence-corrected chi connectivity index (χ2v) is 8.13. The summed E-state index contributed by atoms with van der Waals surface area (Å²) < 4.78 is 0. The first-order valence-corrected chi connectivity index (χ1v) is 10.7. The number of para-hydroxylation sites is 1. The highest BCUT2D eigenvalue weighted by Gasteiger charge is 2.18. The Morgan fingerprint density at radius 3 is 2.61 bits per heavy atom. The molecule has 0 aromatic heterocycles. The summed E-state index contributed by atoms with van der Waals surface area (Å²) in [6.45, 7) is 4.86. The van der Waals surface area contributed by atoms with Crippen LogP contribution in [0.1, 0.15) is 42.4 Å². The molecule has 0 radical (unpaired) electrons. The fraction of sp³-hybridized carbons (Fsp3) is 0.458. The number of amides is 1. The van der Waals surface area contributed by atoms with E-state index in [0.717, 1.165) is 39.0 Å². The van der Waals surface area contributed by atoms with Gasteiger partial charge in [0.2, 0.25) is 5.91 Å². The number of piperidine rings is 1. The van der Waals surface area contributed by atoms with Crippen LogP contribution in [0.5, 0.6) is 0 Å². The van der Waals surface area contributed by atoms with E-state index in [4.69, 9.17) is 0 Å². The number of hydrogen-bond acceptors (Lipinski definition) is 3. The van der Waals surface area contributed by atoms with Crippen LogP contribution in [0.3, 0.4) is 0 Å². The van der Waals surface area contributed by atoms with E-state index in [1.54, 1.807) is 0 Å². The van der Waals surface area contributed by atoms with Crippen LogP contribution >= 0.6 is 0 Å². The number of anilines is 1. The highest BCUT2D eigenvalue weighted by Crippen LogP contribution is 2.28. The van der Waals surface area contributed by atoms with Crippen molar-refractivity contribution in [1.82, 2.24) is 10.6 Å². The molecule has 28 heavy (non-hydrogen) atoms. The van der Waals surface area contributed by atoms with Crippen molar-refractivity contribution in [2.45, 2.75) is 45.2 Å². The maximum absolute atomic E-state index is 12.1. The molecule has 1 fully saturated rings. The Balaban J connectivity index is 1.22. The lowest BCUT2D eigenvalue weighted by atomic mass is 9.93. The van der Waals surface area contributed by atoms with Crippen molar-refractivity contribution in [1.29, 1.82) is 0 Å². The van der Waals surface area contributed by atoms with Crippen molar-refractivity contribution in [3.63, 3.8) is 0 Å². The molecule has 0 bridgehead atoms. The largest absolute Gasteiger partial charge is 0.367 e. The van der Waals surface area contributed by atoms with Gasteiger partial charge in [0.15, 0.2) is 0 Å². The molecule has 2 aliphatic heterocycles. The van der Waals surface area contributed by atoms with Crippen LogP contribution in [0.4, 0.5) is 5.69 Å². The number of rotatable bonds is 7. The molecule has 1 amide bonds. The maximum atomic E-state index is 12.1. The average molecular weight is 378 g/mol. The first kappa shape index (κ1) is 19.0. The molecule has 2 N–H and O–H groups in total. The van der Waals surface area contributed by atoms with Crippen molar-refractivity contribution in [3.05, 3.63) is 65.2 Å². The number of fused-ring (bicyclic) bond motifs is 1. The van der Waals surface area contributed by atoms with Gasteiger partial charge in [0.1, 0.15) is 0 Å². The third-order valence-electron chi connectivity index (χ3n) is 6.11. The predicted molar refractivity (Wildman–Crippen MR) is 114 cm³/mol. The number of nitrogens with one attached hydrogen (secondary N) is 2. The van der Waals surface area contributed by atoms with Gasteiger partial charge in [-0.1, -0.05) is 42.5 Å². The van der Waals surface area contributed by atoms with Crippen molar-refractivity contribution < 1.29 is 4.79 Å². The molecular formula is C24H31N3O. The summed E-state index contributed by atoms with van der Waals surface area (Å²) in [4.78, 5) is 14.6. The van der Waals surface area contributed by atoms with E-state index in [2.05, 4.69) is 64.1 Å². The third kappa shape index (κ3) is 4.93.